The van der Waals surface area contributed by atoms with Crippen LogP contribution in [0.2, 0.25) is 0 Å². The van der Waals surface area contributed by atoms with Gasteiger partial charge in [-0.3, -0.25) is 0 Å². The van der Waals surface area contributed by atoms with Crippen molar-refractivity contribution in [2.24, 2.45) is 0 Å². The fourth-order valence-corrected chi connectivity index (χ4v) is 3.38. The number of nitrogens with zero attached hydrogens (tertiary/aromatic N) is 1. The lowest BCUT2D eigenvalue weighted by Crippen LogP contribution is -1.80. The average molecular weight is 295 g/mol. The molecule has 21 heavy (non-hydrogen) atoms. The Morgan fingerprint density at radius 3 is 2.29 bits per heavy atom. The molecule has 0 aliphatic heterocycles. The van der Waals surface area contributed by atoms with Crippen LogP contribution in [0.4, 0.5) is 0 Å². The van der Waals surface area contributed by atoms with Gasteiger partial charge in [0.1, 0.15) is 10.8 Å². The zero-order chi connectivity index (χ0) is 13.5. The predicted octanol–water partition coefficient (Wildman–Crippen LogP) is 4.00. The van der Waals surface area contributed by atoms with E-state index < -0.39 is 0 Å². The lowest BCUT2D eigenvalue weighted by molar-refractivity contribution is 0.478. The van der Waals surface area contributed by atoms with Gasteiger partial charge < -0.3 is 10.6 Å². The maximum atomic E-state index is 10.3. The van der Waals surface area contributed by atoms with Crippen LogP contribution in [0.1, 0.15) is 0 Å². The molecule has 3 nitrogen and oxygen atoms in total. The SMILES string of the molecule is O.Oc1cc2ccccc2cc1-c1nc2ccccc2s1. The van der Waals surface area contributed by atoms with Gasteiger partial charge in [0.15, 0.2) is 0 Å². The highest BCUT2D eigenvalue weighted by molar-refractivity contribution is 7.21. The number of benzene rings is 3. The average Bonchev–Trinajstić information content (AvgIpc) is 2.90. The number of hydrogen-bond donors (Lipinski definition) is 1. The Balaban J connectivity index is 0.00000132. The fraction of sp³-hybridized carbons (Fsp3) is 0. The molecule has 3 aromatic carbocycles. The van der Waals surface area contributed by atoms with Gasteiger partial charge in [-0.2, -0.15) is 0 Å². The van der Waals surface area contributed by atoms with E-state index >= 15 is 0 Å². The summed E-state index contributed by atoms with van der Waals surface area (Å²) >= 11 is 1.60. The van der Waals surface area contributed by atoms with Crippen LogP contribution in [0, 0.1) is 0 Å². The van der Waals surface area contributed by atoms with E-state index in [4.69, 9.17) is 0 Å². The minimum atomic E-state index is 0. The summed E-state index contributed by atoms with van der Waals surface area (Å²) in [7, 11) is 0. The molecule has 3 N–H and O–H groups in total. The summed E-state index contributed by atoms with van der Waals surface area (Å²) in [5.74, 6) is 0.280. The van der Waals surface area contributed by atoms with Crippen LogP contribution in [0.5, 0.6) is 5.75 Å². The van der Waals surface area contributed by atoms with Gasteiger partial charge in [-0.1, -0.05) is 36.4 Å². The van der Waals surface area contributed by atoms with Crippen molar-refractivity contribution in [2.75, 3.05) is 0 Å². The summed E-state index contributed by atoms with van der Waals surface area (Å²) in [6, 6.07) is 19.8. The molecule has 104 valence electrons. The molecule has 0 fully saturated rings. The first-order valence-corrected chi connectivity index (χ1v) is 7.20. The molecular weight excluding hydrogens is 282 g/mol. The third-order valence-electron chi connectivity index (χ3n) is 3.39. The van der Waals surface area contributed by atoms with E-state index in [1.165, 1.54) is 0 Å². The highest BCUT2D eigenvalue weighted by Crippen LogP contribution is 2.37. The van der Waals surface area contributed by atoms with Crippen molar-refractivity contribution < 1.29 is 10.6 Å². The van der Waals surface area contributed by atoms with Crippen LogP contribution in [-0.2, 0) is 0 Å². The molecule has 1 aromatic heterocycles. The molecule has 4 rings (SSSR count). The monoisotopic (exact) mass is 295 g/mol. The highest BCUT2D eigenvalue weighted by Gasteiger charge is 2.11. The van der Waals surface area contributed by atoms with Gasteiger partial charge in [-0.25, -0.2) is 4.98 Å². The molecule has 0 radical (unpaired) electrons. The maximum absolute atomic E-state index is 10.3. The summed E-state index contributed by atoms with van der Waals surface area (Å²) in [6.45, 7) is 0. The van der Waals surface area contributed by atoms with Crippen LogP contribution in [0.15, 0.2) is 60.7 Å². The van der Waals surface area contributed by atoms with Crippen LogP contribution in [-0.4, -0.2) is 15.6 Å². The normalized spacial score (nSPS) is 10.7. The molecule has 0 aliphatic carbocycles. The smallest absolute Gasteiger partial charge is 0.128 e. The number of aromatic nitrogens is 1. The van der Waals surface area contributed by atoms with Crippen molar-refractivity contribution in [2.45, 2.75) is 0 Å². The second-order valence-electron chi connectivity index (χ2n) is 4.70. The second-order valence-corrected chi connectivity index (χ2v) is 5.73. The Hall–Kier alpha value is -2.43. The number of phenolic OH excluding ortho intramolecular Hbond substituents is 1. The Labute approximate surface area is 125 Å². The maximum Gasteiger partial charge on any atom is 0.128 e. The lowest BCUT2D eigenvalue weighted by atomic mass is 10.1. The van der Waals surface area contributed by atoms with Crippen molar-refractivity contribution in [3.8, 4) is 16.3 Å². The first kappa shape index (κ1) is 13.5. The summed E-state index contributed by atoms with van der Waals surface area (Å²) in [5.41, 5.74) is 1.77. The topological polar surface area (TPSA) is 64.6 Å². The number of aromatic hydroxyl groups is 1. The molecule has 0 aliphatic rings. The first-order valence-electron chi connectivity index (χ1n) is 6.39. The van der Waals surface area contributed by atoms with Gasteiger partial charge in [0, 0.05) is 0 Å². The number of fused-ring (bicyclic) bond motifs is 2. The van der Waals surface area contributed by atoms with Crippen molar-refractivity contribution in [3.05, 3.63) is 60.7 Å². The molecular formula is C17H13NO2S. The largest absolute Gasteiger partial charge is 0.507 e. The van der Waals surface area contributed by atoms with Gasteiger partial charge >= 0.3 is 0 Å². The Kier molecular flexibility index (Phi) is 3.33. The van der Waals surface area contributed by atoms with Crippen molar-refractivity contribution >= 4 is 32.3 Å². The van der Waals surface area contributed by atoms with E-state index in [9.17, 15) is 5.11 Å². The Morgan fingerprint density at radius 1 is 0.857 bits per heavy atom. The van der Waals surface area contributed by atoms with Gasteiger partial charge in [0.2, 0.25) is 0 Å². The van der Waals surface area contributed by atoms with Crippen molar-refractivity contribution in [1.82, 2.24) is 4.98 Å². The molecule has 4 heteroatoms. The van der Waals surface area contributed by atoms with E-state index in [0.717, 1.165) is 31.6 Å². The van der Waals surface area contributed by atoms with Gasteiger partial charge in [0.25, 0.3) is 0 Å². The summed E-state index contributed by atoms with van der Waals surface area (Å²) in [4.78, 5) is 4.61. The third-order valence-corrected chi connectivity index (χ3v) is 4.46. The zero-order valence-electron chi connectivity index (χ0n) is 11.1. The van der Waals surface area contributed by atoms with Crippen molar-refractivity contribution in [3.63, 3.8) is 0 Å². The van der Waals surface area contributed by atoms with Crippen LogP contribution < -0.4 is 0 Å². The summed E-state index contributed by atoms with van der Waals surface area (Å²) < 4.78 is 1.13. The van der Waals surface area contributed by atoms with Crippen LogP contribution >= 0.6 is 11.3 Å². The summed E-state index contributed by atoms with van der Waals surface area (Å²) in [6.07, 6.45) is 0. The van der Waals surface area contributed by atoms with E-state index in [2.05, 4.69) is 11.1 Å². The molecule has 4 aromatic rings. The van der Waals surface area contributed by atoms with Crippen molar-refractivity contribution in [1.29, 1.82) is 0 Å². The third kappa shape index (κ3) is 2.24. The molecule has 0 atom stereocenters. The Morgan fingerprint density at radius 2 is 1.52 bits per heavy atom. The minimum Gasteiger partial charge on any atom is -0.507 e. The quantitative estimate of drug-likeness (QED) is 0.577. The molecule has 0 spiro atoms. The van der Waals surface area contributed by atoms with Crippen LogP contribution in [0.3, 0.4) is 0 Å². The molecule has 0 bridgehead atoms. The molecule has 0 unspecified atom stereocenters. The summed E-state index contributed by atoms with van der Waals surface area (Å²) in [5, 5.41) is 13.3. The molecule has 1 heterocycles. The lowest BCUT2D eigenvalue weighted by Gasteiger charge is -2.04. The van der Waals surface area contributed by atoms with Gasteiger partial charge in [0.05, 0.1) is 15.8 Å². The highest BCUT2D eigenvalue weighted by atomic mass is 32.1. The fourth-order valence-electron chi connectivity index (χ4n) is 2.39. The first-order chi connectivity index (χ1) is 9.81. The zero-order valence-corrected chi connectivity index (χ0v) is 11.9. The van der Waals surface area contributed by atoms with E-state index in [1.54, 1.807) is 17.4 Å². The number of para-hydroxylation sites is 1. The number of rotatable bonds is 1. The van der Waals surface area contributed by atoms with Gasteiger partial charge in [-0.05, 0) is 35.0 Å². The van der Waals surface area contributed by atoms with E-state index in [0.29, 0.717) is 0 Å². The van der Waals surface area contributed by atoms with E-state index in [-0.39, 0.29) is 11.2 Å². The minimum absolute atomic E-state index is 0. The molecule has 0 amide bonds. The number of phenols is 1. The molecule has 0 saturated carbocycles. The predicted molar refractivity (Wildman–Crippen MR) is 87.8 cm³/mol. The Bertz CT molecular complexity index is 897. The molecule has 0 saturated heterocycles. The van der Waals surface area contributed by atoms with Crippen LogP contribution in [0.25, 0.3) is 31.6 Å². The van der Waals surface area contributed by atoms with Gasteiger partial charge in [-0.15, -0.1) is 11.3 Å². The standard InChI is InChI=1S/C17H11NOS.H2O/c19-15-10-12-6-2-1-5-11(12)9-13(15)17-18-14-7-3-4-8-16(14)20-17;/h1-10,19H;1H2. The second kappa shape index (κ2) is 5.16. The number of hydrogen-bond acceptors (Lipinski definition) is 3. The number of thiazole rings is 1. The van der Waals surface area contributed by atoms with E-state index in [1.807, 2.05) is 48.5 Å².